The van der Waals surface area contributed by atoms with Crippen LogP contribution in [0, 0.1) is 0 Å². The van der Waals surface area contributed by atoms with E-state index < -0.39 is 11.5 Å². The second kappa shape index (κ2) is 6.60. The lowest BCUT2D eigenvalue weighted by atomic mass is 10.1. The minimum Gasteiger partial charge on any atom is -0.497 e. The van der Waals surface area contributed by atoms with Gasteiger partial charge in [-0.1, -0.05) is 0 Å². The molecule has 0 saturated carbocycles. The number of amides is 1. The van der Waals surface area contributed by atoms with E-state index in [0.717, 1.165) is 5.56 Å². The minimum atomic E-state index is -0.443. The van der Waals surface area contributed by atoms with Crippen LogP contribution in [0.4, 0.5) is 0 Å². The smallest absolute Gasteiger partial charge is 0.260 e. The van der Waals surface area contributed by atoms with Crippen molar-refractivity contribution >= 4 is 5.91 Å². The van der Waals surface area contributed by atoms with Crippen LogP contribution in [0.2, 0.25) is 0 Å². The molecule has 0 saturated heterocycles. The van der Waals surface area contributed by atoms with Gasteiger partial charge >= 0.3 is 0 Å². The van der Waals surface area contributed by atoms with Gasteiger partial charge in [0.2, 0.25) is 0 Å². The summed E-state index contributed by atoms with van der Waals surface area (Å²) in [5.41, 5.74) is 0.407. The van der Waals surface area contributed by atoms with Crippen molar-refractivity contribution in [3.8, 4) is 11.5 Å². The number of pyridine rings is 1. The van der Waals surface area contributed by atoms with Crippen LogP contribution in [-0.2, 0) is 6.54 Å². The van der Waals surface area contributed by atoms with Gasteiger partial charge in [0.25, 0.3) is 11.5 Å². The lowest BCUT2D eigenvalue weighted by Gasteiger charge is -2.11. The van der Waals surface area contributed by atoms with E-state index in [9.17, 15) is 9.59 Å². The fourth-order valence-electron chi connectivity index (χ4n) is 1.89. The molecule has 0 bridgehead atoms. The van der Waals surface area contributed by atoms with E-state index in [4.69, 9.17) is 9.47 Å². The molecular weight excluding hydrogens is 272 g/mol. The minimum absolute atomic E-state index is 0.0689. The maximum absolute atomic E-state index is 12.0. The van der Waals surface area contributed by atoms with Crippen LogP contribution in [-0.4, -0.2) is 25.1 Å². The van der Waals surface area contributed by atoms with Crippen LogP contribution >= 0.6 is 0 Å². The molecule has 0 atom stereocenters. The second-order valence-electron chi connectivity index (χ2n) is 4.27. The van der Waals surface area contributed by atoms with Gasteiger partial charge < -0.3 is 19.8 Å². The van der Waals surface area contributed by atoms with Gasteiger partial charge in [0.05, 0.1) is 14.2 Å². The highest BCUT2D eigenvalue weighted by Gasteiger charge is 2.11. The molecular formula is C15H16N2O4. The third-order valence-electron chi connectivity index (χ3n) is 2.99. The molecule has 0 aliphatic carbocycles. The summed E-state index contributed by atoms with van der Waals surface area (Å²) < 4.78 is 10.4. The Balaban J connectivity index is 2.14. The Kier molecular flexibility index (Phi) is 4.61. The Hall–Kier alpha value is -2.76. The molecule has 0 unspecified atom stereocenters. The van der Waals surface area contributed by atoms with Crippen LogP contribution in [0.5, 0.6) is 11.5 Å². The van der Waals surface area contributed by atoms with Crippen molar-refractivity contribution in [2.45, 2.75) is 6.54 Å². The molecule has 6 heteroatoms. The predicted octanol–water partition coefficient (Wildman–Crippen LogP) is 1.32. The van der Waals surface area contributed by atoms with Crippen LogP contribution < -0.4 is 20.3 Å². The number of aromatic amines is 1. The second-order valence-corrected chi connectivity index (χ2v) is 4.27. The molecule has 2 N–H and O–H groups in total. The van der Waals surface area contributed by atoms with Crippen LogP contribution in [0.15, 0.2) is 41.3 Å². The first kappa shape index (κ1) is 14.6. The Labute approximate surface area is 121 Å². The van der Waals surface area contributed by atoms with Gasteiger partial charge in [0, 0.05) is 18.3 Å². The van der Waals surface area contributed by atoms with Crippen molar-refractivity contribution < 1.29 is 14.3 Å². The molecule has 21 heavy (non-hydrogen) atoms. The number of ether oxygens (including phenoxy) is 2. The maximum atomic E-state index is 12.0. The van der Waals surface area contributed by atoms with Gasteiger partial charge in [-0.15, -0.1) is 0 Å². The van der Waals surface area contributed by atoms with Gasteiger partial charge in [-0.25, -0.2) is 0 Å². The number of methoxy groups -OCH3 is 2. The SMILES string of the molecule is COc1ccc(OC)c(CNC(=O)c2ccc[nH]c2=O)c1. The molecule has 6 nitrogen and oxygen atoms in total. The summed E-state index contributed by atoms with van der Waals surface area (Å²) in [4.78, 5) is 26.0. The fourth-order valence-corrected chi connectivity index (χ4v) is 1.89. The highest BCUT2D eigenvalue weighted by molar-refractivity contribution is 5.93. The molecule has 0 aliphatic rings. The molecule has 0 aliphatic heterocycles. The molecule has 0 fully saturated rings. The summed E-state index contributed by atoms with van der Waals surface area (Å²) in [5, 5.41) is 2.69. The van der Waals surface area contributed by atoms with E-state index in [1.54, 1.807) is 38.5 Å². The number of nitrogens with one attached hydrogen (secondary N) is 2. The van der Waals surface area contributed by atoms with Crippen LogP contribution in [0.25, 0.3) is 0 Å². The number of hydrogen-bond donors (Lipinski definition) is 2. The monoisotopic (exact) mass is 288 g/mol. The number of aromatic nitrogens is 1. The summed E-state index contributed by atoms with van der Waals surface area (Å²) in [6, 6.07) is 8.37. The third-order valence-corrected chi connectivity index (χ3v) is 2.99. The summed E-state index contributed by atoms with van der Waals surface area (Å²) in [7, 11) is 3.11. The van der Waals surface area contributed by atoms with E-state index in [-0.39, 0.29) is 12.1 Å². The van der Waals surface area contributed by atoms with E-state index in [1.165, 1.54) is 12.3 Å². The fraction of sp³-hybridized carbons (Fsp3) is 0.200. The first-order chi connectivity index (χ1) is 10.2. The summed E-state index contributed by atoms with van der Waals surface area (Å²) in [5.74, 6) is 0.859. The van der Waals surface area contributed by atoms with Crippen LogP contribution in [0.1, 0.15) is 15.9 Å². The number of H-pyrrole nitrogens is 1. The average Bonchev–Trinajstić information content (AvgIpc) is 2.52. The molecule has 2 rings (SSSR count). The number of hydrogen-bond acceptors (Lipinski definition) is 4. The number of carbonyl (C=O) groups excluding carboxylic acids is 1. The standard InChI is InChI=1S/C15H16N2O4/c1-20-11-5-6-13(21-2)10(8-11)9-17-15(19)12-4-3-7-16-14(12)18/h3-8H,9H2,1-2H3,(H,16,18)(H,17,19). The van der Waals surface area contributed by atoms with E-state index >= 15 is 0 Å². The van der Waals surface area contributed by atoms with Gasteiger partial charge in [-0.05, 0) is 30.3 Å². The van der Waals surface area contributed by atoms with Gasteiger partial charge in [-0.2, -0.15) is 0 Å². The van der Waals surface area contributed by atoms with Crippen molar-refractivity contribution in [2.75, 3.05) is 14.2 Å². The predicted molar refractivity (Wildman–Crippen MR) is 77.8 cm³/mol. The molecule has 0 spiro atoms. The molecule has 1 aromatic carbocycles. The van der Waals surface area contributed by atoms with Gasteiger partial charge in [-0.3, -0.25) is 9.59 Å². The summed E-state index contributed by atoms with van der Waals surface area (Å²) in [6.07, 6.45) is 1.48. The first-order valence-electron chi connectivity index (χ1n) is 6.32. The van der Waals surface area contributed by atoms with Crippen LogP contribution in [0.3, 0.4) is 0 Å². The zero-order valence-electron chi connectivity index (χ0n) is 11.8. The molecule has 1 amide bonds. The third kappa shape index (κ3) is 3.42. The van der Waals surface area contributed by atoms with E-state index in [2.05, 4.69) is 10.3 Å². The Morgan fingerprint density at radius 2 is 2.05 bits per heavy atom. The number of carbonyl (C=O) groups is 1. The number of benzene rings is 1. The zero-order chi connectivity index (χ0) is 15.2. The lowest BCUT2D eigenvalue weighted by Crippen LogP contribution is -2.29. The largest absolute Gasteiger partial charge is 0.497 e. The molecule has 0 radical (unpaired) electrons. The summed E-state index contributed by atoms with van der Waals surface area (Å²) in [6.45, 7) is 0.230. The van der Waals surface area contributed by atoms with Crippen molar-refractivity contribution in [2.24, 2.45) is 0 Å². The molecule has 1 aromatic heterocycles. The Morgan fingerprint density at radius 1 is 1.24 bits per heavy atom. The van der Waals surface area contributed by atoms with Crippen molar-refractivity contribution in [3.05, 3.63) is 58.0 Å². The quantitative estimate of drug-likeness (QED) is 0.869. The lowest BCUT2D eigenvalue weighted by molar-refractivity contribution is 0.0949. The van der Waals surface area contributed by atoms with Crippen molar-refractivity contribution in [1.29, 1.82) is 0 Å². The van der Waals surface area contributed by atoms with Crippen molar-refractivity contribution in [1.82, 2.24) is 10.3 Å². The zero-order valence-corrected chi connectivity index (χ0v) is 11.8. The maximum Gasteiger partial charge on any atom is 0.260 e. The van der Waals surface area contributed by atoms with Crippen molar-refractivity contribution in [3.63, 3.8) is 0 Å². The topological polar surface area (TPSA) is 80.4 Å². The van der Waals surface area contributed by atoms with Gasteiger partial charge in [0.1, 0.15) is 17.1 Å². The van der Waals surface area contributed by atoms with Gasteiger partial charge in [0.15, 0.2) is 0 Å². The molecule has 110 valence electrons. The average molecular weight is 288 g/mol. The highest BCUT2D eigenvalue weighted by atomic mass is 16.5. The first-order valence-corrected chi connectivity index (χ1v) is 6.32. The highest BCUT2D eigenvalue weighted by Crippen LogP contribution is 2.23. The summed E-state index contributed by atoms with van der Waals surface area (Å²) >= 11 is 0. The Bertz CT molecular complexity index is 694. The normalized spacial score (nSPS) is 10.0. The van der Waals surface area contributed by atoms with E-state index in [1.807, 2.05) is 0 Å². The molecule has 1 heterocycles. The molecule has 2 aromatic rings. The number of rotatable bonds is 5. The van der Waals surface area contributed by atoms with E-state index in [0.29, 0.717) is 11.5 Å². The Morgan fingerprint density at radius 3 is 2.71 bits per heavy atom.